The van der Waals surface area contributed by atoms with Gasteiger partial charge in [0.25, 0.3) is 0 Å². The number of rotatable bonds is 2. The molecule has 0 unspecified atom stereocenters. The Morgan fingerprint density at radius 2 is 0.920 bits per heavy atom. The van der Waals surface area contributed by atoms with Gasteiger partial charge in [-0.3, -0.25) is 0 Å². The molecule has 0 aliphatic rings. The van der Waals surface area contributed by atoms with Crippen molar-refractivity contribution >= 4 is 21.5 Å². The average Bonchev–Trinajstić information content (AvgIpc) is 3.17. The van der Waals surface area contributed by atoms with E-state index in [-0.39, 0.29) is 0 Å². The van der Waals surface area contributed by atoms with Gasteiger partial charge in [0.15, 0.2) is 0 Å². The maximum Gasteiger partial charge on any atom is 0.248 e. The maximum absolute atomic E-state index is 5.93. The molecule has 0 saturated carbocycles. The summed E-state index contributed by atoms with van der Waals surface area (Å²) in [5, 5.41) is 13.2. The van der Waals surface area contributed by atoms with Crippen LogP contribution in [0.3, 0.4) is 0 Å². The lowest BCUT2D eigenvalue weighted by molar-refractivity contribution is 0.585. The van der Waals surface area contributed by atoms with Gasteiger partial charge < -0.3 is 4.42 Å². The minimum Gasteiger partial charge on any atom is -0.416 e. The van der Waals surface area contributed by atoms with Crippen LogP contribution in [-0.4, -0.2) is 10.2 Å². The molecular weight excluding hydrogens is 308 g/mol. The van der Waals surface area contributed by atoms with E-state index in [2.05, 4.69) is 58.7 Å². The van der Waals surface area contributed by atoms with Crippen LogP contribution in [0.15, 0.2) is 89.3 Å². The molecule has 0 saturated heterocycles. The second-order valence-electron chi connectivity index (χ2n) is 6.04. The van der Waals surface area contributed by atoms with Gasteiger partial charge in [0.05, 0.1) is 0 Å². The van der Waals surface area contributed by atoms with Gasteiger partial charge in [0.2, 0.25) is 11.8 Å². The van der Waals surface area contributed by atoms with Gasteiger partial charge in [-0.2, -0.15) is 0 Å². The van der Waals surface area contributed by atoms with Crippen LogP contribution in [0.5, 0.6) is 0 Å². The molecule has 25 heavy (non-hydrogen) atoms. The highest BCUT2D eigenvalue weighted by Crippen LogP contribution is 2.28. The molecule has 0 amide bonds. The Hall–Kier alpha value is -3.46. The standard InChI is InChI=1S/C22H14N2O/c1-3-7-17-13-19(11-9-15(17)5-1)21-23-24-22(25-21)20-12-10-16-6-2-4-8-18(16)14-20/h1-14H. The summed E-state index contributed by atoms with van der Waals surface area (Å²) in [6.07, 6.45) is 0. The molecular formula is C22H14N2O. The van der Waals surface area contributed by atoms with Gasteiger partial charge in [-0.25, -0.2) is 0 Å². The molecule has 118 valence electrons. The molecule has 0 aliphatic carbocycles. The summed E-state index contributed by atoms with van der Waals surface area (Å²) in [5.74, 6) is 1.07. The van der Waals surface area contributed by atoms with Crippen LogP contribution in [0, 0.1) is 0 Å². The first kappa shape index (κ1) is 13.9. The van der Waals surface area contributed by atoms with Gasteiger partial charge in [-0.1, -0.05) is 60.7 Å². The summed E-state index contributed by atoms with van der Waals surface area (Å²) < 4.78 is 5.93. The number of hydrogen-bond donors (Lipinski definition) is 0. The quantitative estimate of drug-likeness (QED) is 0.418. The van der Waals surface area contributed by atoms with Crippen molar-refractivity contribution in [3.63, 3.8) is 0 Å². The van der Waals surface area contributed by atoms with Crippen LogP contribution in [0.4, 0.5) is 0 Å². The van der Waals surface area contributed by atoms with Crippen molar-refractivity contribution < 1.29 is 4.42 Å². The summed E-state index contributed by atoms with van der Waals surface area (Å²) in [6.45, 7) is 0. The molecule has 3 heteroatoms. The van der Waals surface area contributed by atoms with Crippen LogP contribution < -0.4 is 0 Å². The predicted octanol–water partition coefficient (Wildman–Crippen LogP) is 5.71. The minimum atomic E-state index is 0.536. The Morgan fingerprint density at radius 1 is 0.480 bits per heavy atom. The summed E-state index contributed by atoms with van der Waals surface area (Å²) in [6, 6.07) is 28.8. The molecule has 0 atom stereocenters. The zero-order valence-corrected chi connectivity index (χ0v) is 13.4. The minimum absolute atomic E-state index is 0.536. The summed E-state index contributed by atoms with van der Waals surface area (Å²) in [5.41, 5.74) is 1.86. The zero-order valence-electron chi connectivity index (χ0n) is 13.4. The first-order valence-electron chi connectivity index (χ1n) is 8.19. The number of nitrogens with zero attached hydrogens (tertiary/aromatic N) is 2. The van der Waals surface area contributed by atoms with E-state index in [4.69, 9.17) is 4.42 Å². The molecule has 0 bridgehead atoms. The molecule has 1 heterocycles. The van der Waals surface area contributed by atoms with Crippen LogP contribution in [-0.2, 0) is 0 Å². The van der Waals surface area contributed by atoms with Gasteiger partial charge in [-0.05, 0) is 45.8 Å². The Bertz CT molecular complexity index is 1110. The largest absolute Gasteiger partial charge is 0.416 e. The number of aromatic nitrogens is 2. The Balaban J connectivity index is 1.57. The van der Waals surface area contributed by atoms with Crippen LogP contribution in [0.2, 0.25) is 0 Å². The SMILES string of the molecule is c1ccc2cc(-c3nnc(-c4ccc5ccccc5c4)o3)ccc2c1. The van der Waals surface area contributed by atoms with E-state index in [0.717, 1.165) is 21.9 Å². The number of fused-ring (bicyclic) bond motifs is 2. The van der Waals surface area contributed by atoms with Crippen molar-refractivity contribution in [2.45, 2.75) is 0 Å². The van der Waals surface area contributed by atoms with Gasteiger partial charge >= 0.3 is 0 Å². The van der Waals surface area contributed by atoms with E-state index in [0.29, 0.717) is 11.8 Å². The molecule has 4 aromatic carbocycles. The topological polar surface area (TPSA) is 38.9 Å². The van der Waals surface area contributed by atoms with Crippen molar-refractivity contribution in [3.05, 3.63) is 84.9 Å². The summed E-state index contributed by atoms with van der Waals surface area (Å²) in [7, 11) is 0. The Labute approximate surface area is 144 Å². The van der Waals surface area contributed by atoms with Crippen LogP contribution >= 0.6 is 0 Å². The van der Waals surface area contributed by atoms with E-state index >= 15 is 0 Å². The predicted molar refractivity (Wildman–Crippen MR) is 100 cm³/mol. The van der Waals surface area contributed by atoms with Crippen LogP contribution in [0.25, 0.3) is 44.5 Å². The normalized spacial score (nSPS) is 11.2. The lowest BCUT2D eigenvalue weighted by Crippen LogP contribution is -1.79. The van der Waals surface area contributed by atoms with Crippen molar-refractivity contribution in [2.24, 2.45) is 0 Å². The van der Waals surface area contributed by atoms with Gasteiger partial charge in [0, 0.05) is 11.1 Å². The van der Waals surface area contributed by atoms with E-state index in [1.54, 1.807) is 0 Å². The molecule has 0 radical (unpaired) electrons. The molecule has 0 N–H and O–H groups in total. The molecule has 0 fully saturated rings. The smallest absolute Gasteiger partial charge is 0.248 e. The van der Waals surface area contributed by atoms with E-state index in [9.17, 15) is 0 Å². The van der Waals surface area contributed by atoms with Gasteiger partial charge in [-0.15, -0.1) is 10.2 Å². The second-order valence-corrected chi connectivity index (χ2v) is 6.04. The zero-order chi connectivity index (χ0) is 16.6. The first-order valence-corrected chi connectivity index (χ1v) is 8.19. The Morgan fingerprint density at radius 3 is 1.40 bits per heavy atom. The number of hydrogen-bond acceptors (Lipinski definition) is 3. The van der Waals surface area contributed by atoms with Crippen molar-refractivity contribution in [2.75, 3.05) is 0 Å². The monoisotopic (exact) mass is 322 g/mol. The lowest BCUT2D eigenvalue weighted by atomic mass is 10.1. The molecule has 0 aliphatic heterocycles. The first-order chi connectivity index (χ1) is 12.4. The Kier molecular flexibility index (Phi) is 3.10. The maximum atomic E-state index is 5.93. The lowest BCUT2D eigenvalue weighted by Gasteiger charge is -2.00. The molecule has 0 spiro atoms. The number of benzene rings is 4. The van der Waals surface area contributed by atoms with E-state index in [1.807, 2.05) is 36.4 Å². The van der Waals surface area contributed by atoms with Crippen molar-refractivity contribution in [1.82, 2.24) is 10.2 Å². The highest BCUT2D eigenvalue weighted by molar-refractivity contribution is 5.87. The third-order valence-electron chi connectivity index (χ3n) is 4.42. The fourth-order valence-electron chi connectivity index (χ4n) is 3.10. The van der Waals surface area contributed by atoms with Gasteiger partial charge in [0.1, 0.15) is 0 Å². The fraction of sp³-hybridized carbons (Fsp3) is 0. The van der Waals surface area contributed by atoms with Crippen molar-refractivity contribution in [1.29, 1.82) is 0 Å². The third kappa shape index (κ3) is 2.46. The molecule has 5 aromatic rings. The van der Waals surface area contributed by atoms with E-state index < -0.39 is 0 Å². The highest BCUT2D eigenvalue weighted by atomic mass is 16.4. The highest BCUT2D eigenvalue weighted by Gasteiger charge is 2.11. The molecule has 1 aromatic heterocycles. The van der Waals surface area contributed by atoms with Crippen molar-refractivity contribution in [3.8, 4) is 22.9 Å². The summed E-state index contributed by atoms with van der Waals surface area (Å²) >= 11 is 0. The molecule has 5 rings (SSSR count). The fourth-order valence-corrected chi connectivity index (χ4v) is 3.10. The second kappa shape index (κ2) is 5.56. The average molecular weight is 322 g/mol. The third-order valence-corrected chi connectivity index (χ3v) is 4.42. The summed E-state index contributed by atoms with van der Waals surface area (Å²) in [4.78, 5) is 0. The molecule has 3 nitrogen and oxygen atoms in total. The van der Waals surface area contributed by atoms with Crippen LogP contribution in [0.1, 0.15) is 0 Å². The van der Waals surface area contributed by atoms with E-state index in [1.165, 1.54) is 10.8 Å².